The first-order valence-corrected chi connectivity index (χ1v) is 37.9. The molecule has 1 N–H and O–H groups in total. The molecule has 0 aromatic carbocycles. The summed E-state index contributed by atoms with van der Waals surface area (Å²) in [7, 11) is -7.46. The summed E-state index contributed by atoms with van der Waals surface area (Å²) in [5.74, 6) is 1.36. The van der Waals surface area contributed by atoms with E-state index in [9.17, 15) is 9.90 Å². The van der Waals surface area contributed by atoms with Crippen molar-refractivity contribution in [1.82, 2.24) is 0 Å². The number of hydrogen-bond donors (Lipinski definition) is 1. The van der Waals surface area contributed by atoms with Crippen LogP contribution in [0.25, 0.3) is 0 Å². The number of hydrogen-bond acceptors (Lipinski definition) is 10. The lowest BCUT2D eigenvalue weighted by molar-refractivity contribution is -0.266. The standard InChI is InChI=1S/C60H108O10Si3/c1-22-37(2)31-51-41(6)47-35-43(62)34-46-27-30-49-54(65-46)56(69-72(18,19)59(10,11)12)57(70-73(20,21)60(13,14)15)55(67-49)50(68-71(16,17)58(7,8)9)28-24-42(61)23-25-44-33-39(4)48(63-44)29-26-45-32-38(3)40(5)52(64-45)36-53(47)66-51/h24,28,37-38,41-42,44-57,61H,4-5,22-23,25-27,29-36H2,1-3,6-21H3/b28-24+/t37-,38-,41-,42?,44?,45+,46?,47-,48?,49+,50+,51-,52?,53+,54+,55+,56+,57-/m1/s1. The summed E-state index contributed by atoms with van der Waals surface area (Å²) in [6, 6.07) is 0. The SMILES string of the molecule is C=C1CC2CCC(O)/C=C/[C@H](O[Si](C)(C)C(C)(C)C)[C@@H]3O[C@H]4CCC(CC(=O)C[C@@H]5[C@@H](C)[C@@H](C[C@H](C)CC)O[C@H]5CC5O[C@@H](CCC1O2)C[C@@H](C)C5=C)O[C@@H]4[C@H](O[Si](C)(C)C(C)(C)C)[C@@H]3O[Si](C)(C)C(C)(C)C. The van der Waals surface area contributed by atoms with Crippen LogP contribution in [0.4, 0.5) is 0 Å². The highest BCUT2D eigenvalue weighted by molar-refractivity contribution is 6.75. The number of carbonyl (C=O) groups excluding carboxylic acids is 1. The summed E-state index contributed by atoms with van der Waals surface area (Å²) < 4.78 is 58.5. The topological polar surface area (TPSA) is 111 Å². The van der Waals surface area contributed by atoms with E-state index < -0.39 is 61.6 Å². The third kappa shape index (κ3) is 14.9. The van der Waals surface area contributed by atoms with Gasteiger partial charge in [-0.3, -0.25) is 4.79 Å². The molecule has 0 aromatic heterocycles. The minimum Gasteiger partial charge on any atom is -0.408 e. The molecular weight excluding hydrogens is 965 g/mol. The third-order valence-corrected chi connectivity index (χ3v) is 33.4. The molecule has 8 heterocycles. The summed E-state index contributed by atoms with van der Waals surface area (Å²) >= 11 is 0. The number of rotatable bonds is 9. The number of fused-ring (bicyclic) bond motifs is 2. The Kier molecular flexibility index (Phi) is 20.1. The average molecular weight is 1070 g/mol. The van der Waals surface area contributed by atoms with Gasteiger partial charge in [0.25, 0.3) is 0 Å². The fourth-order valence-electron chi connectivity index (χ4n) is 11.6. The van der Waals surface area contributed by atoms with Crippen molar-refractivity contribution in [3.63, 3.8) is 0 Å². The molecule has 73 heavy (non-hydrogen) atoms. The second-order valence-corrected chi connectivity index (χ2v) is 43.1. The van der Waals surface area contributed by atoms with Gasteiger partial charge < -0.3 is 42.1 Å². The first-order chi connectivity index (χ1) is 33.6. The molecule has 8 rings (SSSR count). The lowest BCUT2D eigenvalue weighted by Gasteiger charge is -2.56. The van der Waals surface area contributed by atoms with Crippen LogP contribution in [0.2, 0.25) is 54.4 Å². The van der Waals surface area contributed by atoms with Gasteiger partial charge in [0.05, 0.1) is 61.0 Å². The Morgan fingerprint density at radius 3 is 1.79 bits per heavy atom. The van der Waals surface area contributed by atoms with E-state index in [0.717, 1.165) is 62.5 Å². The number of aliphatic hydroxyl groups is 1. The van der Waals surface area contributed by atoms with E-state index in [2.05, 4.69) is 149 Å². The molecule has 0 aliphatic carbocycles. The fourth-order valence-corrected chi connectivity index (χ4v) is 15.4. The second kappa shape index (κ2) is 23.9. The Morgan fingerprint density at radius 1 is 0.644 bits per heavy atom. The number of ketones is 1. The molecule has 5 saturated heterocycles. The zero-order valence-corrected chi connectivity index (χ0v) is 52.8. The van der Waals surface area contributed by atoms with Crippen molar-refractivity contribution in [2.75, 3.05) is 0 Å². The van der Waals surface area contributed by atoms with Crippen LogP contribution in [-0.2, 0) is 41.8 Å². The van der Waals surface area contributed by atoms with Crippen LogP contribution in [0.5, 0.6) is 0 Å². The van der Waals surface area contributed by atoms with E-state index in [1.54, 1.807) is 0 Å². The van der Waals surface area contributed by atoms with Gasteiger partial charge in [-0.25, -0.2) is 0 Å². The quantitative estimate of drug-likeness (QED) is 0.177. The van der Waals surface area contributed by atoms with Crippen LogP contribution in [0, 0.1) is 23.7 Å². The van der Waals surface area contributed by atoms with Gasteiger partial charge in [-0.2, -0.15) is 0 Å². The predicted molar refractivity (Wildman–Crippen MR) is 305 cm³/mol. The highest BCUT2D eigenvalue weighted by Crippen LogP contribution is 2.49. The Balaban J connectivity index is 1.42. The number of aliphatic hydroxyl groups excluding tert-OH is 1. The minimum absolute atomic E-state index is 0.00835. The van der Waals surface area contributed by atoms with Gasteiger partial charge in [0.1, 0.15) is 30.2 Å². The zero-order valence-electron chi connectivity index (χ0n) is 49.8. The predicted octanol–water partition coefficient (Wildman–Crippen LogP) is 14.2. The molecule has 8 bridgehead atoms. The number of ether oxygens (including phenoxy) is 5. The summed E-state index contributed by atoms with van der Waals surface area (Å²) in [5, 5.41) is 11.5. The molecule has 10 nitrogen and oxygen atoms in total. The van der Waals surface area contributed by atoms with E-state index in [0.29, 0.717) is 43.9 Å². The highest BCUT2D eigenvalue weighted by atomic mass is 28.4. The van der Waals surface area contributed by atoms with Crippen LogP contribution >= 0.6 is 0 Å². The van der Waals surface area contributed by atoms with E-state index in [1.165, 1.54) is 0 Å². The van der Waals surface area contributed by atoms with Crippen LogP contribution < -0.4 is 0 Å². The van der Waals surface area contributed by atoms with Crippen molar-refractivity contribution in [3.8, 4) is 0 Å². The lowest BCUT2D eigenvalue weighted by atomic mass is 9.78. The highest BCUT2D eigenvalue weighted by Gasteiger charge is 2.58. The van der Waals surface area contributed by atoms with Crippen molar-refractivity contribution >= 4 is 30.7 Å². The molecule has 0 radical (unpaired) electrons. The van der Waals surface area contributed by atoms with Gasteiger partial charge in [0, 0.05) is 19.3 Å². The van der Waals surface area contributed by atoms with E-state index in [-0.39, 0.29) is 81.6 Å². The summed E-state index contributed by atoms with van der Waals surface area (Å²) in [4.78, 5) is 14.8. The van der Waals surface area contributed by atoms with Gasteiger partial charge in [-0.1, -0.05) is 122 Å². The fraction of sp³-hybridized carbons (Fsp3) is 0.883. The zero-order chi connectivity index (χ0) is 54.4. The molecule has 0 amide bonds. The largest absolute Gasteiger partial charge is 0.408 e. The monoisotopic (exact) mass is 1070 g/mol. The maximum absolute atomic E-state index is 14.8. The molecular formula is C60H108O10Si3. The van der Waals surface area contributed by atoms with E-state index in [1.807, 2.05) is 6.08 Å². The number of carbonyl (C=O) groups is 1. The normalized spacial score (nSPS) is 39.2. The minimum atomic E-state index is -2.52. The number of Topliss-reactive ketones (excluding diaryl/α,β-unsaturated/α-hetero) is 1. The molecule has 0 spiro atoms. The first kappa shape index (κ1) is 61.4. The summed E-state index contributed by atoms with van der Waals surface area (Å²) in [6.07, 6.45) is 9.69. The van der Waals surface area contributed by atoms with Crippen molar-refractivity contribution in [2.24, 2.45) is 23.7 Å². The van der Waals surface area contributed by atoms with E-state index in [4.69, 9.17) is 37.0 Å². The molecule has 18 atom stereocenters. The average Bonchev–Trinajstić information content (AvgIpc) is 3.77. The van der Waals surface area contributed by atoms with Crippen molar-refractivity contribution in [3.05, 3.63) is 36.5 Å². The van der Waals surface area contributed by atoms with Gasteiger partial charge in [0.15, 0.2) is 25.0 Å². The molecule has 0 saturated carbocycles. The van der Waals surface area contributed by atoms with Crippen molar-refractivity contribution in [2.45, 2.75) is 313 Å². The van der Waals surface area contributed by atoms with Crippen molar-refractivity contribution in [1.29, 1.82) is 0 Å². The smallest absolute Gasteiger partial charge is 0.193 e. The van der Waals surface area contributed by atoms with Crippen LogP contribution in [-0.4, -0.2) is 121 Å². The maximum atomic E-state index is 14.8. The Labute approximate surface area is 449 Å². The molecule has 8 aliphatic heterocycles. The van der Waals surface area contributed by atoms with Crippen LogP contribution in [0.15, 0.2) is 36.5 Å². The molecule has 5 fully saturated rings. The first-order valence-electron chi connectivity index (χ1n) is 29.2. The molecule has 5 unspecified atom stereocenters. The second-order valence-electron chi connectivity index (χ2n) is 28.8. The van der Waals surface area contributed by atoms with Gasteiger partial charge in [-0.15, -0.1) is 0 Å². The van der Waals surface area contributed by atoms with Crippen molar-refractivity contribution < 1.29 is 46.9 Å². The maximum Gasteiger partial charge on any atom is 0.193 e. The van der Waals surface area contributed by atoms with Gasteiger partial charge in [-0.05, 0) is 147 Å². The summed E-state index contributed by atoms with van der Waals surface area (Å²) in [6.45, 7) is 52.6. The Bertz CT molecular complexity index is 1900. The Morgan fingerprint density at radius 2 is 1.19 bits per heavy atom. The van der Waals surface area contributed by atoms with Gasteiger partial charge in [0.2, 0.25) is 0 Å². The molecule has 0 aromatic rings. The van der Waals surface area contributed by atoms with E-state index >= 15 is 0 Å². The Hall–Kier alpha value is -0.819. The lowest BCUT2D eigenvalue weighted by Crippen LogP contribution is -2.69. The van der Waals surface area contributed by atoms with Gasteiger partial charge >= 0.3 is 0 Å². The third-order valence-electron chi connectivity index (χ3n) is 20.0. The molecule has 13 heteroatoms. The molecule has 420 valence electrons. The van der Waals surface area contributed by atoms with Crippen LogP contribution in [0.3, 0.4) is 0 Å². The summed E-state index contributed by atoms with van der Waals surface area (Å²) in [5.41, 5.74) is 2.26. The van der Waals surface area contributed by atoms with Crippen LogP contribution in [0.1, 0.15) is 173 Å². The molecule has 8 aliphatic rings.